The first-order valence-electron chi connectivity index (χ1n) is 10.2. The number of hydrogen-bond acceptors (Lipinski definition) is 9. The van der Waals surface area contributed by atoms with Gasteiger partial charge in [-0.05, 0) is 37.1 Å². The van der Waals surface area contributed by atoms with E-state index in [4.69, 9.17) is 23.7 Å². The Morgan fingerprint density at radius 2 is 1.59 bits per heavy atom. The summed E-state index contributed by atoms with van der Waals surface area (Å²) < 4.78 is 26.3. The van der Waals surface area contributed by atoms with Crippen molar-refractivity contribution >= 4 is 23.5 Å². The number of rotatable bonds is 6. The number of anilines is 1. The van der Waals surface area contributed by atoms with E-state index in [0.29, 0.717) is 37.7 Å². The van der Waals surface area contributed by atoms with Crippen molar-refractivity contribution in [3.05, 3.63) is 34.5 Å². The summed E-state index contributed by atoms with van der Waals surface area (Å²) in [6, 6.07) is 3.60. The van der Waals surface area contributed by atoms with Gasteiger partial charge < -0.3 is 33.5 Å². The van der Waals surface area contributed by atoms with Gasteiger partial charge in [-0.15, -0.1) is 0 Å². The molecule has 0 spiro atoms. The van der Waals surface area contributed by atoms with Crippen LogP contribution in [-0.2, 0) is 33.3 Å². The molecule has 1 aromatic carbocycles. The maximum atomic E-state index is 12.5. The molecule has 10 heteroatoms. The number of methoxy groups -OCH3 is 2. The number of ether oxygens (including phenoxy) is 5. The highest BCUT2D eigenvalue weighted by molar-refractivity contribution is 6.03. The Balaban J connectivity index is 1.84. The molecular formula is C22H28N2O8. The SMILES string of the molecule is COC(=O)C1=C(C(=O)OC)N(c2cc(C)c(OCC(=O)N3CCOCC3)c(C)c2)COC1. The summed E-state index contributed by atoms with van der Waals surface area (Å²) in [4.78, 5) is 40.4. The lowest BCUT2D eigenvalue weighted by atomic mass is 10.1. The first-order valence-corrected chi connectivity index (χ1v) is 10.2. The van der Waals surface area contributed by atoms with Gasteiger partial charge in [0, 0.05) is 18.8 Å². The lowest BCUT2D eigenvalue weighted by Gasteiger charge is -2.32. The van der Waals surface area contributed by atoms with Crippen molar-refractivity contribution in [3.8, 4) is 5.75 Å². The second-order valence-corrected chi connectivity index (χ2v) is 7.41. The molecule has 2 aliphatic heterocycles. The van der Waals surface area contributed by atoms with Crippen LogP contribution in [0, 0.1) is 13.8 Å². The number of aryl methyl sites for hydroxylation is 2. The number of benzene rings is 1. The number of esters is 2. The molecule has 10 nitrogen and oxygen atoms in total. The maximum absolute atomic E-state index is 12.5. The normalized spacial score (nSPS) is 16.6. The summed E-state index contributed by atoms with van der Waals surface area (Å²) >= 11 is 0. The van der Waals surface area contributed by atoms with Crippen molar-refractivity contribution in [1.29, 1.82) is 0 Å². The van der Waals surface area contributed by atoms with E-state index in [-0.39, 0.29) is 37.1 Å². The zero-order valence-electron chi connectivity index (χ0n) is 18.8. The Bertz CT molecular complexity index is 898. The minimum atomic E-state index is -0.666. The van der Waals surface area contributed by atoms with Crippen molar-refractivity contribution in [2.24, 2.45) is 0 Å². The minimum absolute atomic E-state index is 0.0551. The van der Waals surface area contributed by atoms with Gasteiger partial charge in [0.15, 0.2) is 6.61 Å². The first kappa shape index (κ1) is 23.6. The Morgan fingerprint density at radius 1 is 0.969 bits per heavy atom. The van der Waals surface area contributed by atoms with Crippen LogP contribution in [0.5, 0.6) is 5.75 Å². The standard InChI is InChI=1S/C22H28N2O8/c1-14-9-16(24-13-31-11-17(21(26)28-3)19(24)22(27)29-4)10-15(2)20(14)32-12-18(25)23-5-7-30-8-6-23/h9-10H,5-8,11-13H2,1-4H3. The molecular weight excluding hydrogens is 420 g/mol. The van der Waals surface area contributed by atoms with Gasteiger partial charge in [0.2, 0.25) is 0 Å². The third kappa shape index (κ3) is 5.03. The second kappa shape index (κ2) is 10.5. The monoisotopic (exact) mass is 448 g/mol. The highest BCUT2D eigenvalue weighted by Crippen LogP contribution is 2.33. The predicted molar refractivity (Wildman–Crippen MR) is 113 cm³/mol. The van der Waals surface area contributed by atoms with Crippen LogP contribution < -0.4 is 9.64 Å². The molecule has 0 unspecified atom stereocenters. The molecule has 0 radical (unpaired) electrons. The molecule has 3 rings (SSSR count). The van der Waals surface area contributed by atoms with Gasteiger partial charge in [-0.2, -0.15) is 0 Å². The van der Waals surface area contributed by atoms with Crippen LogP contribution in [0.1, 0.15) is 11.1 Å². The molecule has 0 bridgehead atoms. The number of nitrogens with zero attached hydrogens (tertiary/aromatic N) is 2. The highest BCUT2D eigenvalue weighted by atomic mass is 16.5. The Hall–Kier alpha value is -3.11. The van der Waals surface area contributed by atoms with Gasteiger partial charge in [0.25, 0.3) is 5.91 Å². The first-order chi connectivity index (χ1) is 15.4. The molecule has 1 aromatic rings. The van der Waals surface area contributed by atoms with Crippen molar-refractivity contribution in [2.75, 3.05) is 65.4 Å². The van der Waals surface area contributed by atoms with E-state index < -0.39 is 11.9 Å². The third-order valence-electron chi connectivity index (χ3n) is 5.29. The Morgan fingerprint density at radius 3 is 2.19 bits per heavy atom. The highest BCUT2D eigenvalue weighted by Gasteiger charge is 2.33. The van der Waals surface area contributed by atoms with E-state index >= 15 is 0 Å². The maximum Gasteiger partial charge on any atom is 0.355 e. The molecule has 0 aromatic heterocycles. The van der Waals surface area contributed by atoms with E-state index in [1.807, 2.05) is 13.8 Å². The fourth-order valence-electron chi connectivity index (χ4n) is 3.70. The zero-order chi connectivity index (χ0) is 23.3. The summed E-state index contributed by atoms with van der Waals surface area (Å²) in [5.41, 5.74) is 2.31. The summed E-state index contributed by atoms with van der Waals surface area (Å²) in [5.74, 6) is -0.838. The third-order valence-corrected chi connectivity index (χ3v) is 5.29. The summed E-state index contributed by atoms with van der Waals surface area (Å²) in [5, 5.41) is 0. The van der Waals surface area contributed by atoms with Gasteiger partial charge in [-0.3, -0.25) is 4.79 Å². The number of carbonyl (C=O) groups excluding carboxylic acids is 3. The van der Waals surface area contributed by atoms with Crippen LogP contribution in [0.4, 0.5) is 5.69 Å². The average molecular weight is 448 g/mol. The minimum Gasteiger partial charge on any atom is -0.483 e. The van der Waals surface area contributed by atoms with Crippen LogP contribution in [0.25, 0.3) is 0 Å². The number of carbonyl (C=O) groups is 3. The number of hydrogen-bond donors (Lipinski definition) is 0. The van der Waals surface area contributed by atoms with E-state index in [0.717, 1.165) is 11.1 Å². The molecule has 1 saturated heterocycles. The van der Waals surface area contributed by atoms with E-state index in [1.165, 1.54) is 14.2 Å². The number of morpholine rings is 1. The Labute approximate surface area is 186 Å². The van der Waals surface area contributed by atoms with E-state index in [1.54, 1.807) is 21.9 Å². The molecule has 0 aliphatic carbocycles. The molecule has 32 heavy (non-hydrogen) atoms. The summed E-state index contributed by atoms with van der Waals surface area (Å²) in [7, 11) is 2.48. The van der Waals surface area contributed by atoms with E-state index in [9.17, 15) is 14.4 Å². The molecule has 174 valence electrons. The quantitative estimate of drug-likeness (QED) is 0.588. The molecule has 1 fully saturated rings. The van der Waals surface area contributed by atoms with Crippen LogP contribution in [0.15, 0.2) is 23.4 Å². The lowest BCUT2D eigenvalue weighted by Crippen LogP contribution is -2.43. The van der Waals surface area contributed by atoms with Gasteiger partial charge in [0.1, 0.15) is 18.2 Å². The molecule has 0 N–H and O–H groups in total. The summed E-state index contributed by atoms with van der Waals surface area (Å²) in [6.45, 7) is 5.78. The van der Waals surface area contributed by atoms with Crippen LogP contribution in [-0.4, -0.2) is 83.2 Å². The molecule has 2 heterocycles. The smallest absolute Gasteiger partial charge is 0.355 e. The molecule has 1 amide bonds. The van der Waals surface area contributed by atoms with Crippen LogP contribution >= 0.6 is 0 Å². The van der Waals surface area contributed by atoms with Gasteiger partial charge >= 0.3 is 11.9 Å². The van der Waals surface area contributed by atoms with Crippen molar-refractivity contribution < 1.29 is 38.1 Å². The second-order valence-electron chi connectivity index (χ2n) is 7.41. The van der Waals surface area contributed by atoms with Gasteiger partial charge in [-0.25, -0.2) is 9.59 Å². The number of amides is 1. The van der Waals surface area contributed by atoms with Crippen molar-refractivity contribution in [1.82, 2.24) is 4.90 Å². The molecule has 0 saturated carbocycles. The summed E-state index contributed by atoms with van der Waals surface area (Å²) in [6.07, 6.45) is 0. The van der Waals surface area contributed by atoms with Crippen LogP contribution in [0.2, 0.25) is 0 Å². The van der Waals surface area contributed by atoms with Gasteiger partial charge in [-0.1, -0.05) is 0 Å². The predicted octanol–water partition coefficient (Wildman–Crippen LogP) is 0.935. The molecule has 0 atom stereocenters. The Kier molecular flexibility index (Phi) is 7.70. The van der Waals surface area contributed by atoms with E-state index in [2.05, 4.69) is 0 Å². The lowest BCUT2D eigenvalue weighted by molar-refractivity contribution is -0.140. The topological polar surface area (TPSA) is 104 Å². The van der Waals surface area contributed by atoms with Crippen molar-refractivity contribution in [2.45, 2.75) is 13.8 Å². The largest absolute Gasteiger partial charge is 0.483 e. The fraction of sp³-hybridized carbons (Fsp3) is 0.500. The molecule has 2 aliphatic rings. The van der Waals surface area contributed by atoms with Crippen molar-refractivity contribution in [3.63, 3.8) is 0 Å². The zero-order valence-corrected chi connectivity index (χ0v) is 18.8. The average Bonchev–Trinajstić information content (AvgIpc) is 2.82. The van der Waals surface area contributed by atoms with Crippen LogP contribution in [0.3, 0.4) is 0 Å². The fourth-order valence-corrected chi connectivity index (χ4v) is 3.70. The van der Waals surface area contributed by atoms with Gasteiger partial charge in [0.05, 0.1) is 39.6 Å².